The molecular weight excluding hydrogens is 490 g/mol. The van der Waals surface area contributed by atoms with Crippen LogP contribution in [0.4, 0.5) is 0 Å². The molecule has 1 aromatic heterocycles. The van der Waals surface area contributed by atoms with Gasteiger partial charge in [-0.15, -0.1) is 11.8 Å². The molecule has 0 radical (unpaired) electrons. The second-order valence-electron chi connectivity index (χ2n) is 8.68. The van der Waals surface area contributed by atoms with Crippen LogP contribution in [0.15, 0.2) is 50.7 Å². The highest BCUT2D eigenvalue weighted by Gasteiger charge is 2.40. The summed E-state index contributed by atoms with van der Waals surface area (Å²) in [6, 6.07) is 10.2. The van der Waals surface area contributed by atoms with E-state index in [2.05, 4.69) is 33.4 Å². The molecule has 2 aromatic rings. The molecule has 4 rings (SSSR count). The van der Waals surface area contributed by atoms with Crippen LogP contribution in [0.5, 0.6) is 0 Å². The fourth-order valence-electron chi connectivity index (χ4n) is 4.45. The van der Waals surface area contributed by atoms with Crippen LogP contribution in [-0.4, -0.2) is 52.0 Å². The van der Waals surface area contributed by atoms with Gasteiger partial charge >= 0.3 is 0 Å². The molecule has 172 valence electrons. The quantitative estimate of drug-likeness (QED) is 0.524. The van der Waals surface area contributed by atoms with Gasteiger partial charge in [-0.25, -0.2) is 0 Å². The molecule has 0 spiro atoms. The summed E-state index contributed by atoms with van der Waals surface area (Å²) in [7, 11) is 1.75. The lowest BCUT2D eigenvalue weighted by atomic mass is 9.80. The first-order chi connectivity index (χ1) is 15.5. The molecular formula is C24H30BrN3O3S. The lowest BCUT2D eigenvalue weighted by Crippen LogP contribution is -2.47. The van der Waals surface area contributed by atoms with E-state index in [1.165, 1.54) is 0 Å². The molecule has 1 saturated carbocycles. The molecule has 2 atom stereocenters. The fraction of sp³-hybridized carbons (Fsp3) is 0.500. The molecule has 2 N–H and O–H groups in total. The summed E-state index contributed by atoms with van der Waals surface area (Å²) < 4.78 is 2.55. The van der Waals surface area contributed by atoms with Crippen molar-refractivity contribution >= 4 is 33.6 Å². The van der Waals surface area contributed by atoms with Gasteiger partial charge in [0, 0.05) is 53.6 Å². The number of hydrogen-bond acceptors (Lipinski definition) is 5. The largest absolute Gasteiger partial charge is 0.396 e. The van der Waals surface area contributed by atoms with Crippen molar-refractivity contribution < 1.29 is 9.90 Å². The Hall–Kier alpha value is -1.61. The number of thioether (sulfide) groups is 1. The molecule has 1 aliphatic carbocycles. The van der Waals surface area contributed by atoms with Crippen LogP contribution in [0.3, 0.4) is 0 Å². The number of aryl methyl sites for hydroxylation is 1. The number of aliphatic hydroxyl groups excluding tert-OH is 1. The highest BCUT2D eigenvalue weighted by Crippen LogP contribution is 2.36. The van der Waals surface area contributed by atoms with Crippen LogP contribution in [0.25, 0.3) is 0 Å². The highest BCUT2D eigenvalue weighted by atomic mass is 79.9. The standard InChI is InChI=1S/C24H30BrN3O3S/c1-27-7-5-17(12-23(27)30)21-4-6-26-14-22(21)24(31)28(19-2-3-19)15-16-10-18(25)13-20(11-16)32-9-8-29/h5,7,10-13,19,21-22,26,29H,2-4,6,8-9,14-15H2,1H3/t21-,22?/m1/s1. The maximum absolute atomic E-state index is 13.8. The van der Waals surface area contributed by atoms with Gasteiger partial charge in [-0.2, -0.15) is 0 Å². The van der Waals surface area contributed by atoms with Gasteiger partial charge in [0.2, 0.25) is 5.91 Å². The van der Waals surface area contributed by atoms with Crippen molar-refractivity contribution in [3.05, 3.63) is 62.5 Å². The Balaban J connectivity index is 1.56. The van der Waals surface area contributed by atoms with E-state index in [9.17, 15) is 9.59 Å². The van der Waals surface area contributed by atoms with E-state index in [1.54, 1.807) is 35.6 Å². The summed E-state index contributed by atoms with van der Waals surface area (Å²) in [4.78, 5) is 29.2. The number of benzene rings is 1. The lowest BCUT2D eigenvalue weighted by Gasteiger charge is -2.35. The zero-order valence-corrected chi connectivity index (χ0v) is 20.7. The number of halogens is 1. The van der Waals surface area contributed by atoms with Gasteiger partial charge in [0.15, 0.2) is 0 Å². The van der Waals surface area contributed by atoms with E-state index in [0.29, 0.717) is 24.9 Å². The van der Waals surface area contributed by atoms with Gasteiger partial charge in [0.1, 0.15) is 0 Å². The SMILES string of the molecule is Cn1ccc([C@H]2CCNCC2C(=O)N(Cc2cc(Br)cc(SCCO)c2)C2CC2)cc1=O. The average Bonchev–Trinajstić information content (AvgIpc) is 3.62. The third kappa shape index (κ3) is 5.65. The zero-order chi connectivity index (χ0) is 22.7. The van der Waals surface area contributed by atoms with Gasteiger partial charge in [0.25, 0.3) is 5.56 Å². The predicted octanol–water partition coefficient (Wildman–Crippen LogP) is 3.12. The number of amides is 1. The van der Waals surface area contributed by atoms with Gasteiger partial charge < -0.3 is 19.9 Å². The number of carbonyl (C=O) groups excluding carboxylic acids is 1. The van der Waals surface area contributed by atoms with Crippen LogP contribution in [0, 0.1) is 5.92 Å². The van der Waals surface area contributed by atoms with E-state index in [4.69, 9.17) is 5.11 Å². The monoisotopic (exact) mass is 519 g/mol. The van der Waals surface area contributed by atoms with E-state index in [1.807, 2.05) is 17.0 Å². The Morgan fingerprint density at radius 1 is 1.28 bits per heavy atom. The molecule has 2 aliphatic rings. The number of aromatic nitrogens is 1. The summed E-state index contributed by atoms with van der Waals surface area (Å²) in [6.45, 7) is 2.20. The molecule has 1 saturated heterocycles. The number of piperidine rings is 1. The Labute approximate surface area is 201 Å². The lowest BCUT2D eigenvalue weighted by molar-refractivity contribution is -0.138. The topological polar surface area (TPSA) is 74.6 Å². The first-order valence-electron chi connectivity index (χ1n) is 11.2. The van der Waals surface area contributed by atoms with Gasteiger partial charge in [-0.05, 0) is 67.1 Å². The third-order valence-electron chi connectivity index (χ3n) is 6.27. The number of nitrogens with zero attached hydrogens (tertiary/aromatic N) is 2. The van der Waals surface area contributed by atoms with Crippen molar-refractivity contribution in [2.75, 3.05) is 25.4 Å². The fourth-order valence-corrected chi connectivity index (χ4v) is 5.92. The summed E-state index contributed by atoms with van der Waals surface area (Å²) in [5.41, 5.74) is 2.02. The van der Waals surface area contributed by atoms with Crippen molar-refractivity contribution in [2.45, 2.75) is 42.7 Å². The summed E-state index contributed by atoms with van der Waals surface area (Å²) >= 11 is 5.20. The Morgan fingerprint density at radius 2 is 2.09 bits per heavy atom. The van der Waals surface area contributed by atoms with Gasteiger partial charge in [0.05, 0.1) is 12.5 Å². The van der Waals surface area contributed by atoms with E-state index in [-0.39, 0.29) is 29.9 Å². The second kappa shape index (κ2) is 10.5. The molecule has 2 heterocycles. The van der Waals surface area contributed by atoms with Crippen molar-refractivity contribution in [1.29, 1.82) is 0 Å². The Bertz CT molecular complexity index is 1020. The molecule has 6 nitrogen and oxygen atoms in total. The van der Waals surface area contributed by atoms with Gasteiger partial charge in [-0.3, -0.25) is 9.59 Å². The Kier molecular flexibility index (Phi) is 7.76. The second-order valence-corrected chi connectivity index (χ2v) is 10.8. The summed E-state index contributed by atoms with van der Waals surface area (Å²) in [6.07, 6.45) is 4.74. The molecule has 1 amide bonds. The smallest absolute Gasteiger partial charge is 0.250 e. The number of rotatable bonds is 8. The van der Waals surface area contributed by atoms with Crippen LogP contribution in [0.2, 0.25) is 0 Å². The minimum atomic E-state index is -0.174. The molecule has 2 fully saturated rings. The molecule has 8 heteroatoms. The maximum Gasteiger partial charge on any atom is 0.250 e. The van der Waals surface area contributed by atoms with Crippen molar-refractivity contribution in [3.8, 4) is 0 Å². The minimum Gasteiger partial charge on any atom is -0.396 e. The van der Waals surface area contributed by atoms with E-state index in [0.717, 1.165) is 46.3 Å². The average molecular weight is 520 g/mol. The van der Waals surface area contributed by atoms with Crippen molar-refractivity contribution in [3.63, 3.8) is 0 Å². The van der Waals surface area contributed by atoms with E-state index >= 15 is 0 Å². The molecule has 1 unspecified atom stereocenters. The number of pyridine rings is 1. The summed E-state index contributed by atoms with van der Waals surface area (Å²) in [5.74, 6) is 0.700. The summed E-state index contributed by atoms with van der Waals surface area (Å²) in [5, 5.41) is 12.5. The minimum absolute atomic E-state index is 0.0340. The van der Waals surface area contributed by atoms with Crippen LogP contribution < -0.4 is 10.9 Å². The number of nitrogens with one attached hydrogen (secondary N) is 1. The van der Waals surface area contributed by atoms with Crippen LogP contribution in [0.1, 0.15) is 36.3 Å². The zero-order valence-electron chi connectivity index (χ0n) is 18.3. The molecule has 1 aliphatic heterocycles. The normalized spacial score (nSPS) is 20.8. The maximum atomic E-state index is 13.8. The van der Waals surface area contributed by atoms with Gasteiger partial charge in [-0.1, -0.05) is 15.9 Å². The molecule has 1 aromatic carbocycles. The highest BCUT2D eigenvalue weighted by molar-refractivity contribution is 9.10. The first-order valence-corrected chi connectivity index (χ1v) is 12.9. The predicted molar refractivity (Wildman–Crippen MR) is 131 cm³/mol. The molecule has 32 heavy (non-hydrogen) atoms. The van der Waals surface area contributed by atoms with Crippen LogP contribution >= 0.6 is 27.7 Å². The third-order valence-corrected chi connectivity index (χ3v) is 7.68. The number of hydrogen-bond donors (Lipinski definition) is 2. The van der Waals surface area contributed by atoms with Crippen molar-refractivity contribution in [2.24, 2.45) is 13.0 Å². The van der Waals surface area contributed by atoms with E-state index < -0.39 is 0 Å². The van der Waals surface area contributed by atoms with Crippen LogP contribution in [-0.2, 0) is 18.4 Å². The molecule has 0 bridgehead atoms. The number of aliphatic hydroxyl groups is 1. The first kappa shape index (κ1) is 23.5. The Morgan fingerprint density at radius 3 is 2.81 bits per heavy atom. The van der Waals surface area contributed by atoms with Crippen molar-refractivity contribution in [1.82, 2.24) is 14.8 Å². The number of carbonyl (C=O) groups is 1.